The Morgan fingerprint density at radius 1 is 1.44 bits per heavy atom. The largest absolute Gasteiger partial charge is 0.385 e. The van der Waals surface area contributed by atoms with Crippen molar-refractivity contribution in [3.8, 4) is 0 Å². The van der Waals surface area contributed by atoms with E-state index in [4.69, 9.17) is 10.5 Å². The van der Waals surface area contributed by atoms with Gasteiger partial charge in [0.25, 0.3) is 0 Å². The van der Waals surface area contributed by atoms with Gasteiger partial charge in [-0.25, -0.2) is 0 Å². The van der Waals surface area contributed by atoms with Gasteiger partial charge >= 0.3 is 0 Å². The average molecular weight is 227 g/mol. The van der Waals surface area contributed by atoms with Gasteiger partial charge in [-0.05, 0) is 55.4 Å². The van der Waals surface area contributed by atoms with Gasteiger partial charge < -0.3 is 10.5 Å². The second-order valence-corrected chi connectivity index (χ2v) is 6.33. The summed E-state index contributed by atoms with van der Waals surface area (Å²) in [4.78, 5) is 0. The molecule has 0 aliphatic heterocycles. The van der Waals surface area contributed by atoms with Gasteiger partial charge in [-0.1, -0.05) is 20.8 Å². The van der Waals surface area contributed by atoms with Crippen molar-refractivity contribution in [2.24, 2.45) is 28.9 Å². The molecule has 0 heterocycles. The molecule has 1 rings (SSSR count). The highest BCUT2D eigenvalue weighted by Gasteiger charge is 2.36. The summed E-state index contributed by atoms with van der Waals surface area (Å²) in [6, 6.07) is 0. The molecular formula is C14H29NO. The molecular weight excluding hydrogens is 198 g/mol. The Kier molecular flexibility index (Phi) is 5.26. The van der Waals surface area contributed by atoms with E-state index in [0.717, 1.165) is 30.9 Å². The maximum atomic E-state index is 5.92. The summed E-state index contributed by atoms with van der Waals surface area (Å²) in [6.45, 7) is 8.91. The minimum Gasteiger partial charge on any atom is -0.385 e. The summed E-state index contributed by atoms with van der Waals surface area (Å²) in [7, 11) is 1.79. The van der Waals surface area contributed by atoms with Crippen LogP contribution in [0.1, 0.15) is 46.5 Å². The lowest BCUT2D eigenvalue weighted by atomic mass is 9.63. The van der Waals surface area contributed by atoms with Crippen LogP contribution in [0.15, 0.2) is 0 Å². The van der Waals surface area contributed by atoms with Crippen molar-refractivity contribution in [3.05, 3.63) is 0 Å². The van der Waals surface area contributed by atoms with Crippen LogP contribution in [-0.2, 0) is 4.74 Å². The average Bonchev–Trinajstić information content (AvgIpc) is 2.24. The first-order chi connectivity index (χ1) is 7.50. The highest BCUT2D eigenvalue weighted by atomic mass is 16.5. The molecule has 0 aromatic rings. The van der Waals surface area contributed by atoms with Crippen molar-refractivity contribution in [1.82, 2.24) is 0 Å². The van der Waals surface area contributed by atoms with Gasteiger partial charge in [-0.3, -0.25) is 0 Å². The van der Waals surface area contributed by atoms with Gasteiger partial charge in [-0.15, -0.1) is 0 Å². The smallest absolute Gasteiger partial charge is 0.0464 e. The first-order valence-corrected chi connectivity index (χ1v) is 6.69. The molecule has 2 nitrogen and oxygen atoms in total. The van der Waals surface area contributed by atoms with E-state index in [9.17, 15) is 0 Å². The van der Waals surface area contributed by atoms with Crippen LogP contribution < -0.4 is 5.73 Å². The number of methoxy groups -OCH3 is 1. The van der Waals surface area contributed by atoms with Crippen LogP contribution in [0.5, 0.6) is 0 Å². The summed E-state index contributed by atoms with van der Waals surface area (Å²) < 4.78 is 5.19. The van der Waals surface area contributed by atoms with Gasteiger partial charge in [-0.2, -0.15) is 0 Å². The van der Waals surface area contributed by atoms with E-state index in [1.54, 1.807) is 7.11 Å². The second-order valence-electron chi connectivity index (χ2n) is 6.33. The molecule has 1 aliphatic carbocycles. The fourth-order valence-corrected chi connectivity index (χ4v) is 3.17. The Labute approximate surface area is 101 Å². The summed E-state index contributed by atoms with van der Waals surface area (Å²) in [5.41, 5.74) is 6.43. The number of rotatable bonds is 5. The van der Waals surface area contributed by atoms with Crippen molar-refractivity contribution >= 4 is 0 Å². The Hall–Kier alpha value is -0.0800. The Morgan fingerprint density at radius 3 is 2.69 bits per heavy atom. The maximum absolute atomic E-state index is 5.92. The van der Waals surface area contributed by atoms with Crippen molar-refractivity contribution in [1.29, 1.82) is 0 Å². The van der Waals surface area contributed by atoms with Crippen LogP contribution in [-0.4, -0.2) is 20.3 Å². The Balaban J connectivity index is 2.57. The quantitative estimate of drug-likeness (QED) is 0.783. The van der Waals surface area contributed by atoms with E-state index in [-0.39, 0.29) is 0 Å². The third kappa shape index (κ3) is 3.74. The van der Waals surface area contributed by atoms with Crippen LogP contribution in [0.3, 0.4) is 0 Å². The topological polar surface area (TPSA) is 35.2 Å². The molecule has 0 aromatic carbocycles. The number of nitrogens with two attached hydrogens (primary N) is 1. The normalized spacial score (nSPS) is 31.3. The lowest BCUT2D eigenvalue weighted by Gasteiger charge is -2.43. The predicted octanol–water partition coefficient (Wildman–Crippen LogP) is 3.06. The molecule has 96 valence electrons. The summed E-state index contributed by atoms with van der Waals surface area (Å²) in [5.74, 6) is 2.27. The zero-order chi connectivity index (χ0) is 12.2. The number of hydrogen-bond donors (Lipinski definition) is 1. The fourth-order valence-electron chi connectivity index (χ4n) is 3.17. The summed E-state index contributed by atoms with van der Waals surface area (Å²) >= 11 is 0. The molecule has 0 amide bonds. The first-order valence-electron chi connectivity index (χ1n) is 6.69. The van der Waals surface area contributed by atoms with Crippen molar-refractivity contribution in [2.75, 3.05) is 20.3 Å². The van der Waals surface area contributed by atoms with Gasteiger partial charge in [0.2, 0.25) is 0 Å². The van der Waals surface area contributed by atoms with Gasteiger partial charge in [0.15, 0.2) is 0 Å². The van der Waals surface area contributed by atoms with Crippen molar-refractivity contribution in [3.63, 3.8) is 0 Å². The van der Waals surface area contributed by atoms with E-state index >= 15 is 0 Å². The van der Waals surface area contributed by atoms with Gasteiger partial charge in [0, 0.05) is 13.7 Å². The highest BCUT2D eigenvalue weighted by Crippen LogP contribution is 2.45. The molecule has 3 atom stereocenters. The number of hydrogen-bond acceptors (Lipinski definition) is 2. The second kappa shape index (κ2) is 6.02. The third-order valence-corrected chi connectivity index (χ3v) is 4.40. The van der Waals surface area contributed by atoms with Gasteiger partial charge in [0.05, 0.1) is 0 Å². The molecule has 3 unspecified atom stereocenters. The standard InChI is InChI=1S/C14H29NO/c1-11(6-8-16-4)13-9-14(2,3)7-5-12(13)10-15/h11-13H,5-10,15H2,1-4H3. The molecule has 1 aliphatic rings. The molecule has 2 heteroatoms. The predicted molar refractivity (Wildman–Crippen MR) is 69.3 cm³/mol. The van der Waals surface area contributed by atoms with Crippen LogP contribution in [0.2, 0.25) is 0 Å². The molecule has 0 spiro atoms. The van der Waals surface area contributed by atoms with E-state index in [2.05, 4.69) is 20.8 Å². The Morgan fingerprint density at radius 2 is 2.12 bits per heavy atom. The van der Waals surface area contributed by atoms with E-state index in [1.807, 2.05) is 0 Å². The van der Waals surface area contributed by atoms with E-state index in [0.29, 0.717) is 5.41 Å². The van der Waals surface area contributed by atoms with Crippen LogP contribution >= 0.6 is 0 Å². The highest BCUT2D eigenvalue weighted by molar-refractivity contribution is 4.87. The van der Waals surface area contributed by atoms with Crippen molar-refractivity contribution in [2.45, 2.75) is 46.5 Å². The van der Waals surface area contributed by atoms with Gasteiger partial charge in [0.1, 0.15) is 0 Å². The molecule has 2 N–H and O–H groups in total. The van der Waals surface area contributed by atoms with Crippen LogP contribution in [0.25, 0.3) is 0 Å². The molecule has 0 bridgehead atoms. The Bertz CT molecular complexity index is 203. The molecule has 16 heavy (non-hydrogen) atoms. The van der Waals surface area contributed by atoms with E-state index < -0.39 is 0 Å². The minimum atomic E-state index is 0.512. The molecule has 1 saturated carbocycles. The molecule has 0 aromatic heterocycles. The summed E-state index contributed by atoms with van der Waals surface area (Å²) in [6.07, 6.45) is 5.15. The SMILES string of the molecule is COCCC(C)C1CC(C)(C)CCC1CN. The molecule has 0 saturated heterocycles. The monoisotopic (exact) mass is 227 g/mol. The van der Waals surface area contributed by atoms with Crippen molar-refractivity contribution < 1.29 is 4.74 Å². The van der Waals surface area contributed by atoms with E-state index in [1.165, 1.54) is 25.7 Å². The summed E-state index contributed by atoms with van der Waals surface area (Å²) in [5, 5.41) is 0. The zero-order valence-corrected chi connectivity index (χ0v) is 11.5. The molecule has 1 fully saturated rings. The fraction of sp³-hybridized carbons (Fsp3) is 1.00. The first kappa shape index (κ1) is 14.0. The van der Waals surface area contributed by atoms with Crippen LogP contribution in [0, 0.1) is 23.2 Å². The minimum absolute atomic E-state index is 0.512. The number of ether oxygens (including phenoxy) is 1. The lowest BCUT2D eigenvalue weighted by molar-refractivity contribution is 0.0670. The maximum Gasteiger partial charge on any atom is 0.0464 e. The van der Waals surface area contributed by atoms with Crippen LogP contribution in [0.4, 0.5) is 0 Å². The lowest BCUT2D eigenvalue weighted by Crippen LogP contribution is -2.37. The molecule has 0 radical (unpaired) electrons. The third-order valence-electron chi connectivity index (χ3n) is 4.40. The zero-order valence-electron chi connectivity index (χ0n) is 11.5.